The molecule has 0 heterocycles. The van der Waals surface area contributed by atoms with Crippen LogP contribution in [0.15, 0.2) is 11.6 Å². The molecule has 5 nitrogen and oxygen atoms in total. The minimum Gasteiger partial charge on any atom is -0.365 e. The van der Waals surface area contributed by atoms with Crippen molar-refractivity contribution in [2.45, 2.75) is 13.8 Å². The Morgan fingerprint density at radius 2 is 1.86 bits per heavy atom. The van der Waals surface area contributed by atoms with Crippen LogP contribution in [0.2, 0.25) is 0 Å². The van der Waals surface area contributed by atoms with Gasteiger partial charge in [0, 0.05) is 0 Å². The van der Waals surface area contributed by atoms with Gasteiger partial charge >= 0.3 is 0 Å². The van der Waals surface area contributed by atoms with E-state index in [2.05, 4.69) is 12.3 Å². The second-order valence-electron chi connectivity index (χ2n) is 2.91. The normalized spacial score (nSPS) is 10.4. The molecule has 1 amide bonds. The van der Waals surface area contributed by atoms with Crippen molar-refractivity contribution in [3.05, 3.63) is 11.6 Å². The third-order valence-corrected chi connectivity index (χ3v) is 2.09. The van der Waals surface area contributed by atoms with Crippen molar-refractivity contribution in [1.82, 2.24) is 0 Å². The molecule has 0 aromatic rings. The molecule has 0 saturated heterocycles. The highest BCUT2D eigenvalue weighted by molar-refractivity contribution is 7.85. The van der Waals surface area contributed by atoms with Gasteiger partial charge in [-0.3, -0.25) is 9.35 Å². The van der Waals surface area contributed by atoms with E-state index in [1.165, 1.54) is 0 Å². The zero-order valence-electron chi connectivity index (χ0n) is 8.03. The predicted octanol–water partition coefficient (Wildman–Crippen LogP) is 0.754. The molecule has 0 bridgehead atoms. The van der Waals surface area contributed by atoms with Crippen molar-refractivity contribution >= 4 is 27.6 Å². The maximum atomic E-state index is 10.00. The van der Waals surface area contributed by atoms with Gasteiger partial charge in [0.05, 0.1) is 10.8 Å². The monoisotopic (exact) mass is 243 g/mol. The van der Waals surface area contributed by atoms with Gasteiger partial charge in [0.2, 0.25) is 0 Å². The lowest BCUT2D eigenvalue weighted by Crippen LogP contribution is -2.09. The Balaban J connectivity index is 0. The molecule has 7 heteroatoms. The zero-order chi connectivity index (χ0) is 11.9. The first-order valence-corrected chi connectivity index (χ1v) is 5.64. The van der Waals surface area contributed by atoms with Crippen LogP contribution in [0.25, 0.3) is 0 Å². The van der Waals surface area contributed by atoms with E-state index >= 15 is 0 Å². The molecule has 0 aromatic carbocycles. The van der Waals surface area contributed by atoms with Crippen LogP contribution in [0.4, 0.5) is 0 Å². The summed E-state index contributed by atoms with van der Waals surface area (Å²) >= 11 is 4.94. The second-order valence-corrected chi connectivity index (χ2v) is 4.86. The quantitative estimate of drug-likeness (QED) is 0.565. The van der Waals surface area contributed by atoms with Crippen molar-refractivity contribution < 1.29 is 17.8 Å². The van der Waals surface area contributed by atoms with Crippen molar-refractivity contribution in [2.24, 2.45) is 11.7 Å². The van der Waals surface area contributed by atoms with E-state index in [4.69, 9.17) is 16.2 Å². The molecule has 0 aliphatic carbocycles. The van der Waals surface area contributed by atoms with Gasteiger partial charge in [-0.2, -0.15) is 8.42 Å². The highest BCUT2D eigenvalue weighted by Crippen LogP contribution is 1.95. The van der Waals surface area contributed by atoms with Crippen LogP contribution in [0.3, 0.4) is 0 Å². The molecule has 14 heavy (non-hydrogen) atoms. The summed E-state index contributed by atoms with van der Waals surface area (Å²) in [5.41, 5.74) is 4.56. The van der Waals surface area contributed by atoms with Crippen molar-refractivity contribution in [2.75, 3.05) is 5.75 Å². The molecule has 84 valence electrons. The Hall–Kier alpha value is -0.590. The van der Waals surface area contributed by atoms with Gasteiger partial charge in [0.25, 0.3) is 16.0 Å². The van der Waals surface area contributed by atoms with Crippen LogP contribution in [-0.4, -0.2) is 24.6 Å². The summed E-state index contributed by atoms with van der Waals surface area (Å²) < 4.78 is 28.2. The zero-order valence-corrected chi connectivity index (χ0v) is 9.60. The Labute approximate surface area is 88.7 Å². The Kier molecular flexibility index (Phi) is 7.71. The van der Waals surface area contributed by atoms with Crippen molar-refractivity contribution in [1.29, 1.82) is 0 Å². The summed E-state index contributed by atoms with van der Waals surface area (Å²) in [6.07, 6.45) is 0. The van der Waals surface area contributed by atoms with Crippen LogP contribution in [0, 0.1) is 5.92 Å². The van der Waals surface area contributed by atoms with E-state index < -0.39 is 16.0 Å². The number of hydrogen-bond donors (Lipinski definition) is 2. The van der Waals surface area contributed by atoms with Crippen molar-refractivity contribution in [3.63, 3.8) is 0 Å². The van der Waals surface area contributed by atoms with E-state index in [9.17, 15) is 13.2 Å². The fourth-order valence-corrected chi connectivity index (χ4v) is 1.26. The highest BCUT2D eigenvalue weighted by atomic mass is 35.5. The van der Waals surface area contributed by atoms with E-state index in [1.807, 2.05) is 0 Å². The van der Waals surface area contributed by atoms with Crippen LogP contribution >= 0.6 is 11.6 Å². The molecule has 0 aromatic heterocycles. The third-order valence-electron chi connectivity index (χ3n) is 0.811. The molecule has 0 aliphatic heterocycles. The summed E-state index contributed by atoms with van der Waals surface area (Å²) in [6.45, 7) is 6.51. The minimum atomic E-state index is -3.72. The van der Waals surface area contributed by atoms with Gasteiger partial charge in [0.15, 0.2) is 0 Å². The maximum absolute atomic E-state index is 10.00. The van der Waals surface area contributed by atoms with Crippen LogP contribution in [-0.2, 0) is 14.9 Å². The topological polar surface area (TPSA) is 97.5 Å². The number of carbonyl (C=O) groups excluding carboxylic acids is 1. The smallest absolute Gasteiger partial charge is 0.265 e. The minimum absolute atomic E-state index is 0.00463. The Morgan fingerprint density at radius 3 is 1.86 bits per heavy atom. The molecule has 0 fully saturated rings. The first-order valence-electron chi connectivity index (χ1n) is 3.65. The standard InChI is InChI=1S/C4H10O3S.C3H4ClNO/c1-4(2)3-8(5,6)7;1-2(4)3(5)6/h4H,3H2,1-2H3,(H,5,6,7);1H2,(H2,5,6). The number of nitrogens with two attached hydrogens (primary N) is 1. The lowest BCUT2D eigenvalue weighted by Gasteiger charge is -1.97. The van der Waals surface area contributed by atoms with Gasteiger partial charge in [-0.15, -0.1) is 0 Å². The van der Waals surface area contributed by atoms with Crippen molar-refractivity contribution in [3.8, 4) is 0 Å². The van der Waals surface area contributed by atoms with E-state index in [-0.39, 0.29) is 16.7 Å². The SMILES string of the molecule is C=C(Cl)C(N)=O.CC(C)CS(=O)(=O)O. The second kappa shape index (κ2) is 6.80. The number of carbonyl (C=O) groups is 1. The molecular formula is C7H14ClNO4S. The Bertz CT molecular complexity index is 285. The lowest BCUT2D eigenvalue weighted by atomic mass is 10.3. The fraction of sp³-hybridized carbons (Fsp3) is 0.571. The average Bonchev–Trinajstić information content (AvgIpc) is 1.81. The fourth-order valence-electron chi connectivity index (χ4n) is 0.421. The predicted molar refractivity (Wildman–Crippen MR) is 55.4 cm³/mol. The number of halogens is 1. The number of amides is 1. The van der Waals surface area contributed by atoms with E-state index in [0.717, 1.165) is 0 Å². The Morgan fingerprint density at radius 1 is 1.57 bits per heavy atom. The number of primary amides is 1. The molecule has 0 radical (unpaired) electrons. The van der Waals surface area contributed by atoms with Gasteiger partial charge in [-0.05, 0) is 5.92 Å². The van der Waals surface area contributed by atoms with Gasteiger partial charge in [-0.1, -0.05) is 32.0 Å². The number of hydrogen-bond acceptors (Lipinski definition) is 3. The summed E-state index contributed by atoms with van der Waals surface area (Å²) in [4.78, 5) is 9.69. The summed E-state index contributed by atoms with van der Waals surface area (Å²) in [6, 6.07) is 0. The van der Waals surface area contributed by atoms with Gasteiger partial charge < -0.3 is 5.73 Å². The van der Waals surface area contributed by atoms with Crippen LogP contribution in [0.5, 0.6) is 0 Å². The highest BCUT2D eigenvalue weighted by Gasteiger charge is 2.06. The summed E-state index contributed by atoms with van der Waals surface area (Å²) in [7, 11) is -3.72. The van der Waals surface area contributed by atoms with Gasteiger partial charge in [0.1, 0.15) is 0 Å². The molecule has 0 aliphatic rings. The molecule has 0 unspecified atom stereocenters. The maximum Gasteiger partial charge on any atom is 0.265 e. The lowest BCUT2D eigenvalue weighted by molar-refractivity contribution is -0.113. The molecule has 0 spiro atoms. The van der Waals surface area contributed by atoms with Crippen LogP contribution in [0.1, 0.15) is 13.8 Å². The third kappa shape index (κ3) is 17.5. The summed E-state index contributed by atoms with van der Waals surface area (Å²) in [5.74, 6) is -0.811. The largest absolute Gasteiger partial charge is 0.365 e. The summed E-state index contributed by atoms with van der Waals surface area (Å²) in [5, 5.41) is -0.130. The molecule has 0 rings (SSSR count). The van der Waals surface area contributed by atoms with E-state index in [1.54, 1.807) is 13.8 Å². The van der Waals surface area contributed by atoms with Gasteiger partial charge in [-0.25, -0.2) is 0 Å². The van der Waals surface area contributed by atoms with E-state index in [0.29, 0.717) is 0 Å². The van der Waals surface area contributed by atoms with Crippen LogP contribution < -0.4 is 5.73 Å². The molecule has 0 saturated carbocycles. The molecule has 3 N–H and O–H groups in total. The first kappa shape index (κ1) is 15.9. The average molecular weight is 244 g/mol. The molecular weight excluding hydrogens is 230 g/mol. The molecule has 0 atom stereocenters. The first-order chi connectivity index (χ1) is 6.06. The number of rotatable bonds is 3.